The van der Waals surface area contributed by atoms with Crippen molar-refractivity contribution in [1.29, 1.82) is 0 Å². The maximum atomic E-state index is 2.49. The zero-order chi connectivity index (χ0) is 52.8. The standard InChI is InChI=1S/C76H64N2/c1-5-75(6-2)71-49-59(53-23-13-9-14-24-53)39-43-67(71)69-45-41-65(51-73(69)75)77(61-29-17-11-18-30-61)63-33-21-27-57(47-63)55-35-37-56(38-36-55)58-28-22-34-64(48-58)78(62-31-19-12-20-32-62)66-42-46-70-68-44-40-60(54-25-15-10-16-26-54)50-72(68)76(7-3,8-4)74(70)52-66/h9-52H,5-8H2,1-4H3. The van der Waals surface area contributed by atoms with Crippen molar-refractivity contribution in [3.8, 4) is 66.8 Å². The highest BCUT2D eigenvalue weighted by atomic mass is 15.1. The van der Waals surface area contributed by atoms with Crippen molar-refractivity contribution in [1.82, 2.24) is 0 Å². The molecule has 0 atom stereocenters. The molecule has 0 unspecified atom stereocenters. The van der Waals surface area contributed by atoms with Crippen LogP contribution in [0.5, 0.6) is 0 Å². The van der Waals surface area contributed by atoms with Gasteiger partial charge in [-0.3, -0.25) is 0 Å². The van der Waals surface area contributed by atoms with Crippen LogP contribution in [0.3, 0.4) is 0 Å². The average molecular weight is 1010 g/mol. The van der Waals surface area contributed by atoms with E-state index in [0.717, 1.165) is 59.8 Å². The molecule has 78 heavy (non-hydrogen) atoms. The second-order valence-corrected chi connectivity index (χ2v) is 21.3. The van der Waals surface area contributed by atoms with Gasteiger partial charge in [-0.25, -0.2) is 0 Å². The van der Waals surface area contributed by atoms with E-state index in [1.54, 1.807) is 0 Å². The largest absolute Gasteiger partial charge is 0.310 e. The SMILES string of the molecule is CCC1(CC)c2cc(-c3ccccc3)ccc2-c2ccc(N(c3ccccc3)c3cccc(-c4ccc(-c5cccc(N(c6ccccc6)c6ccc7c(c6)C(CC)(CC)c6cc(-c8ccccc8)ccc6-7)c5)cc4)c3)cc21. The van der Waals surface area contributed by atoms with E-state index < -0.39 is 0 Å². The van der Waals surface area contributed by atoms with Crippen molar-refractivity contribution < 1.29 is 0 Å². The summed E-state index contributed by atoms with van der Waals surface area (Å²) in [4.78, 5) is 4.87. The maximum absolute atomic E-state index is 2.49. The molecule has 0 bridgehead atoms. The summed E-state index contributed by atoms with van der Waals surface area (Å²) in [5.41, 5.74) is 27.6. The van der Waals surface area contributed by atoms with Gasteiger partial charge in [0, 0.05) is 45.0 Å². The molecular formula is C76H64N2. The minimum absolute atomic E-state index is 0.0872. The Bertz CT molecular complexity index is 3680. The Morgan fingerprint density at radius 2 is 0.474 bits per heavy atom. The van der Waals surface area contributed by atoms with Crippen LogP contribution in [0.25, 0.3) is 66.8 Å². The molecule has 0 saturated carbocycles. The lowest BCUT2D eigenvalue weighted by Gasteiger charge is -2.32. The van der Waals surface area contributed by atoms with Gasteiger partial charge in [0.2, 0.25) is 0 Å². The zero-order valence-electron chi connectivity index (χ0n) is 45.1. The van der Waals surface area contributed by atoms with E-state index in [4.69, 9.17) is 0 Å². The number of benzene rings is 11. The molecule has 11 aromatic rings. The predicted octanol–water partition coefficient (Wildman–Crippen LogP) is 21.5. The van der Waals surface area contributed by atoms with Crippen LogP contribution >= 0.6 is 0 Å². The summed E-state index contributed by atoms with van der Waals surface area (Å²) in [6.45, 7) is 9.45. The normalized spacial score (nSPS) is 13.3. The molecule has 378 valence electrons. The number of hydrogen-bond acceptors (Lipinski definition) is 2. The van der Waals surface area contributed by atoms with Crippen LogP contribution in [-0.2, 0) is 10.8 Å². The van der Waals surface area contributed by atoms with Crippen LogP contribution < -0.4 is 9.80 Å². The molecule has 13 rings (SSSR count). The monoisotopic (exact) mass is 1000 g/mol. The molecule has 2 heteroatoms. The Hall–Kier alpha value is -8.98. The van der Waals surface area contributed by atoms with Crippen molar-refractivity contribution >= 4 is 34.1 Å². The van der Waals surface area contributed by atoms with Gasteiger partial charge in [-0.05, 0) is 200 Å². The van der Waals surface area contributed by atoms with Crippen molar-refractivity contribution in [2.75, 3.05) is 9.80 Å². The van der Waals surface area contributed by atoms with Gasteiger partial charge in [-0.15, -0.1) is 0 Å². The number of fused-ring (bicyclic) bond motifs is 6. The van der Waals surface area contributed by atoms with Gasteiger partial charge in [-0.1, -0.05) is 210 Å². The van der Waals surface area contributed by atoms with E-state index in [1.165, 1.54) is 89.0 Å². The number of para-hydroxylation sites is 2. The summed E-state index contributed by atoms with van der Waals surface area (Å²) in [5.74, 6) is 0. The number of nitrogens with zero attached hydrogens (tertiary/aromatic N) is 2. The first-order chi connectivity index (χ1) is 38.4. The molecule has 2 nitrogen and oxygen atoms in total. The summed E-state index contributed by atoms with van der Waals surface area (Å²) >= 11 is 0. The molecule has 0 saturated heterocycles. The maximum Gasteiger partial charge on any atom is 0.0467 e. The minimum atomic E-state index is -0.0872. The number of anilines is 6. The summed E-state index contributed by atoms with van der Waals surface area (Å²) in [6, 6.07) is 99.2. The zero-order valence-corrected chi connectivity index (χ0v) is 45.1. The van der Waals surface area contributed by atoms with Gasteiger partial charge < -0.3 is 9.80 Å². The molecule has 0 fully saturated rings. The minimum Gasteiger partial charge on any atom is -0.310 e. The highest BCUT2D eigenvalue weighted by Gasteiger charge is 2.43. The molecule has 11 aromatic carbocycles. The Balaban J connectivity index is 0.824. The smallest absolute Gasteiger partial charge is 0.0467 e. The third-order valence-electron chi connectivity index (χ3n) is 17.6. The van der Waals surface area contributed by atoms with Gasteiger partial charge in [0.25, 0.3) is 0 Å². The Morgan fingerprint density at radius 1 is 0.218 bits per heavy atom. The topological polar surface area (TPSA) is 6.48 Å². The van der Waals surface area contributed by atoms with Gasteiger partial charge in [-0.2, -0.15) is 0 Å². The fraction of sp³-hybridized carbons (Fsp3) is 0.132. The molecule has 0 aliphatic heterocycles. The second-order valence-electron chi connectivity index (χ2n) is 21.3. The first-order valence-corrected chi connectivity index (χ1v) is 28.1. The van der Waals surface area contributed by atoms with E-state index in [2.05, 4.69) is 304 Å². The van der Waals surface area contributed by atoms with Gasteiger partial charge in [0.05, 0.1) is 0 Å². The molecule has 2 aliphatic rings. The highest BCUT2D eigenvalue weighted by Crippen LogP contribution is 2.57. The Morgan fingerprint density at radius 3 is 0.833 bits per heavy atom. The lowest BCUT2D eigenvalue weighted by atomic mass is 9.73. The lowest BCUT2D eigenvalue weighted by molar-refractivity contribution is 0.490. The van der Waals surface area contributed by atoms with Crippen molar-refractivity contribution in [3.05, 3.63) is 289 Å². The Labute approximate surface area is 461 Å². The van der Waals surface area contributed by atoms with E-state index in [-0.39, 0.29) is 10.8 Å². The van der Waals surface area contributed by atoms with Gasteiger partial charge in [0.1, 0.15) is 0 Å². The molecule has 0 aromatic heterocycles. The first kappa shape index (κ1) is 48.6. The van der Waals surface area contributed by atoms with E-state index in [1.807, 2.05) is 0 Å². The number of hydrogen-bond donors (Lipinski definition) is 0. The van der Waals surface area contributed by atoms with Gasteiger partial charge in [0.15, 0.2) is 0 Å². The van der Waals surface area contributed by atoms with Crippen LogP contribution in [0.2, 0.25) is 0 Å². The van der Waals surface area contributed by atoms with E-state index in [0.29, 0.717) is 0 Å². The average Bonchev–Trinajstić information content (AvgIpc) is 4.21. The highest BCUT2D eigenvalue weighted by molar-refractivity contribution is 5.90. The van der Waals surface area contributed by atoms with Crippen molar-refractivity contribution in [2.45, 2.75) is 64.2 Å². The molecule has 0 spiro atoms. The summed E-state index contributed by atoms with van der Waals surface area (Å²) < 4.78 is 0. The summed E-state index contributed by atoms with van der Waals surface area (Å²) in [7, 11) is 0. The van der Waals surface area contributed by atoms with Crippen LogP contribution in [0.15, 0.2) is 267 Å². The van der Waals surface area contributed by atoms with E-state index >= 15 is 0 Å². The molecule has 0 N–H and O–H groups in total. The number of rotatable bonds is 14. The lowest BCUT2D eigenvalue weighted by Crippen LogP contribution is -2.23. The Kier molecular flexibility index (Phi) is 12.6. The molecule has 0 amide bonds. The van der Waals surface area contributed by atoms with E-state index in [9.17, 15) is 0 Å². The molecule has 2 aliphatic carbocycles. The first-order valence-electron chi connectivity index (χ1n) is 28.1. The molecule has 0 radical (unpaired) electrons. The van der Waals surface area contributed by atoms with Gasteiger partial charge >= 0.3 is 0 Å². The third-order valence-corrected chi connectivity index (χ3v) is 17.6. The summed E-state index contributed by atoms with van der Waals surface area (Å²) in [5, 5.41) is 0. The quantitative estimate of drug-likeness (QED) is 0.107. The van der Waals surface area contributed by atoms with Crippen LogP contribution in [0, 0.1) is 0 Å². The van der Waals surface area contributed by atoms with Crippen molar-refractivity contribution in [3.63, 3.8) is 0 Å². The summed E-state index contributed by atoms with van der Waals surface area (Å²) in [6.07, 6.45) is 4.10. The third kappa shape index (κ3) is 8.18. The fourth-order valence-corrected chi connectivity index (χ4v) is 13.4. The van der Waals surface area contributed by atoms with Crippen molar-refractivity contribution in [2.24, 2.45) is 0 Å². The molecule has 0 heterocycles. The predicted molar refractivity (Wildman–Crippen MR) is 331 cm³/mol. The molecular weight excluding hydrogens is 941 g/mol. The second kappa shape index (κ2) is 20.2. The fourth-order valence-electron chi connectivity index (χ4n) is 13.4. The van der Waals surface area contributed by atoms with Crippen LogP contribution in [0.1, 0.15) is 75.6 Å². The van der Waals surface area contributed by atoms with Crippen LogP contribution in [0.4, 0.5) is 34.1 Å². The van der Waals surface area contributed by atoms with Crippen LogP contribution in [-0.4, -0.2) is 0 Å².